The third kappa shape index (κ3) is 4.72. The van der Waals surface area contributed by atoms with Crippen LogP contribution in [-0.2, 0) is 4.74 Å². The lowest BCUT2D eigenvalue weighted by Gasteiger charge is -2.39. The smallest absolute Gasteiger partial charge is 0.361 e. The lowest BCUT2D eigenvalue weighted by atomic mass is 9.97. The summed E-state index contributed by atoms with van der Waals surface area (Å²) >= 11 is 0. The van der Waals surface area contributed by atoms with Gasteiger partial charge >= 0.3 is 5.63 Å². The van der Waals surface area contributed by atoms with Gasteiger partial charge in [0.05, 0.1) is 33.5 Å². The molecule has 1 aliphatic heterocycles. The molecule has 1 aliphatic rings. The Labute approximate surface area is 270 Å². The van der Waals surface area contributed by atoms with Gasteiger partial charge in [0, 0.05) is 34.0 Å². The van der Waals surface area contributed by atoms with Crippen molar-refractivity contribution in [3.63, 3.8) is 0 Å². The first-order chi connectivity index (χ1) is 23.1. The molecule has 14 heteroatoms. The fourth-order valence-corrected chi connectivity index (χ4v) is 6.34. The summed E-state index contributed by atoms with van der Waals surface area (Å²) in [7, 11) is 4.23. The number of phenolic OH excluding ortho intramolecular Hbond substituents is 2. The van der Waals surface area contributed by atoms with Gasteiger partial charge in [-0.25, -0.2) is 4.79 Å². The molecule has 4 heterocycles. The normalized spacial score (nSPS) is 21.3. The highest BCUT2D eigenvalue weighted by molar-refractivity contribution is 6.22. The summed E-state index contributed by atoms with van der Waals surface area (Å²) in [5, 5.41) is 63.7. The van der Waals surface area contributed by atoms with E-state index in [1.54, 1.807) is 47.0 Å². The number of hydrogen-bond donors (Lipinski definition) is 6. The van der Waals surface area contributed by atoms with Crippen LogP contribution in [0.15, 0.2) is 63.9 Å². The van der Waals surface area contributed by atoms with Crippen molar-refractivity contribution in [1.82, 2.24) is 4.40 Å². The Kier molecular flexibility index (Phi) is 7.69. The van der Waals surface area contributed by atoms with Crippen LogP contribution >= 0.6 is 0 Å². The molecule has 0 bridgehead atoms. The maximum atomic E-state index is 13.7. The highest BCUT2D eigenvalue weighted by Gasteiger charge is 2.45. The Balaban J connectivity index is 1.54. The molecular formula is C34H31NO13. The summed E-state index contributed by atoms with van der Waals surface area (Å²) in [5.74, 6) is 0.348. The van der Waals surface area contributed by atoms with Crippen LogP contribution in [0.2, 0.25) is 0 Å². The molecule has 7 rings (SSSR count). The number of hydrogen-bond acceptors (Lipinski definition) is 13. The third-order valence-electron chi connectivity index (χ3n) is 8.71. The number of phenols is 2. The fourth-order valence-electron chi connectivity index (χ4n) is 6.34. The second kappa shape index (κ2) is 11.8. The van der Waals surface area contributed by atoms with Crippen molar-refractivity contribution >= 4 is 38.2 Å². The van der Waals surface area contributed by atoms with Gasteiger partial charge in [0.25, 0.3) is 0 Å². The fraction of sp³-hybridized carbons (Fsp3) is 0.265. The zero-order chi connectivity index (χ0) is 34.0. The predicted octanol–water partition coefficient (Wildman–Crippen LogP) is 2.63. The van der Waals surface area contributed by atoms with Crippen molar-refractivity contribution in [1.29, 1.82) is 0 Å². The first kappa shape index (κ1) is 31.4. The van der Waals surface area contributed by atoms with Crippen molar-refractivity contribution in [2.75, 3.05) is 27.9 Å². The molecule has 0 spiro atoms. The minimum Gasteiger partial charge on any atom is -0.504 e. The minimum absolute atomic E-state index is 0.0912. The van der Waals surface area contributed by atoms with E-state index >= 15 is 0 Å². The van der Waals surface area contributed by atoms with E-state index in [9.17, 15) is 35.4 Å². The molecule has 250 valence electrons. The van der Waals surface area contributed by atoms with Gasteiger partial charge in [-0.3, -0.25) is 0 Å². The van der Waals surface area contributed by atoms with E-state index in [1.807, 2.05) is 0 Å². The second-order valence-corrected chi connectivity index (χ2v) is 11.3. The molecule has 3 aromatic carbocycles. The van der Waals surface area contributed by atoms with Gasteiger partial charge in [0.15, 0.2) is 34.5 Å². The van der Waals surface area contributed by atoms with E-state index < -0.39 is 42.9 Å². The second-order valence-electron chi connectivity index (χ2n) is 11.3. The van der Waals surface area contributed by atoms with Crippen LogP contribution in [0.4, 0.5) is 0 Å². The number of fused-ring (bicyclic) bond motifs is 7. The van der Waals surface area contributed by atoms with E-state index in [4.69, 9.17) is 28.1 Å². The quantitative estimate of drug-likeness (QED) is 0.137. The van der Waals surface area contributed by atoms with Crippen molar-refractivity contribution in [2.45, 2.75) is 30.7 Å². The van der Waals surface area contributed by atoms with Crippen molar-refractivity contribution < 1.29 is 58.7 Å². The molecule has 3 aromatic heterocycles. The number of methoxy groups -OCH3 is 3. The minimum atomic E-state index is -1.65. The summed E-state index contributed by atoms with van der Waals surface area (Å²) in [5.41, 5.74) is 1.30. The first-order valence-corrected chi connectivity index (χ1v) is 14.8. The van der Waals surface area contributed by atoms with Gasteiger partial charge in [0.1, 0.15) is 35.5 Å². The van der Waals surface area contributed by atoms with Gasteiger partial charge in [-0.1, -0.05) is 6.07 Å². The van der Waals surface area contributed by atoms with Crippen LogP contribution in [0.5, 0.6) is 34.5 Å². The number of nitrogens with zero attached hydrogens (tertiary/aromatic N) is 1. The molecule has 6 N–H and O–H groups in total. The molecule has 1 saturated heterocycles. The molecule has 0 amide bonds. The van der Waals surface area contributed by atoms with Gasteiger partial charge < -0.3 is 63.1 Å². The summed E-state index contributed by atoms with van der Waals surface area (Å²) in [6, 6.07) is 12.7. The maximum Gasteiger partial charge on any atom is 0.361 e. The molecule has 0 radical (unpaired) electrons. The van der Waals surface area contributed by atoms with E-state index in [2.05, 4.69) is 0 Å². The Bertz CT molecular complexity index is 2270. The molecule has 0 aliphatic carbocycles. The summed E-state index contributed by atoms with van der Waals surface area (Å²) in [6.45, 7) is -0.627. The molecule has 5 atom stereocenters. The van der Waals surface area contributed by atoms with Crippen LogP contribution in [-0.4, -0.2) is 93.7 Å². The topological polar surface area (TPSA) is 202 Å². The Morgan fingerprint density at radius 3 is 2.19 bits per heavy atom. The number of ether oxygens (including phenoxy) is 5. The Hall–Kier alpha value is -5.25. The van der Waals surface area contributed by atoms with Crippen LogP contribution < -0.4 is 24.6 Å². The average Bonchev–Trinajstić information content (AvgIpc) is 3.44. The van der Waals surface area contributed by atoms with Gasteiger partial charge in [-0.05, 0) is 47.3 Å². The Morgan fingerprint density at radius 2 is 1.48 bits per heavy atom. The third-order valence-corrected chi connectivity index (χ3v) is 8.71. The zero-order valence-corrected chi connectivity index (χ0v) is 25.8. The monoisotopic (exact) mass is 661 g/mol. The van der Waals surface area contributed by atoms with Gasteiger partial charge in [-0.2, -0.15) is 0 Å². The number of benzene rings is 3. The lowest BCUT2D eigenvalue weighted by Crippen LogP contribution is -2.60. The van der Waals surface area contributed by atoms with Crippen LogP contribution in [0.25, 0.3) is 49.3 Å². The summed E-state index contributed by atoms with van der Waals surface area (Å²) < 4.78 is 35.3. The number of aliphatic hydroxyl groups is 4. The average molecular weight is 662 g/mol. The molecule has 0 saturated carbocycles. The highest BCUT2D eigenvalue weighted by Crippen LogP contribution is 2.46. The number of rotatable bonds is 7. The molecular weight excluding hydrogens is 630 g/mol. The molecule has 48 heavy (non-hydrogen) atoms. The predicted molar refractivity (Wildman–Crippen MR) is 171 cm³/mol. The lowest BCUT2D eigenvalue weighted by molar-refractivity contribution is -0.277. The largest absolute Gasteiger partial charge is 0.504 e. The van der Waals surface area contributed by atoms with E-state index in [0.29, 0.717) is 38.2 Å². The molecule has 1 fully saturated rings. The van der Waals surface area contributed by atoms with E-state index in [1.165, 1.54) is 33.5 Å². The van der Waals surface area contributed by atoms with Crippen molar-refractivity contribution in [2.24, 2.45) is 0 Å². The van der Waals surface area contributed by atoms with Gasteiger partial charge in [0.2, 0.25) is 6.29 Å². The Morgan fingerprint density at radius 1 is 0.771 bits per heavy atom. The first-order valence-electron chi connectivity index (χ1n) is 14.8. The number of pyridine rings is 1. The van der Waals surface area contributed by atoms with Gasteiger partial charge in [-0.15, -0.1) is 0 Å². The van der Waals surface area contributed by atoms with Crippen LogP contribution in [0.3, 0.4) is 0 Å². The van der Waals surface area contributed by atoms with E-state index in [-0.39, 0.29) is 45.6 Å². The van der Waals surface area contributed by atoms with Crippen LogP contribution in [0.1, 0.15) is 0 Å². The zero-order valence-electron chi connectivity index (χ0n) is 25.8. The number of aliphatic hydroxyl groups excluding tert-OH is 4. The SMILES string of the molecule is COc1cc(-c2c3c4cc(OC)c(O)cc4oc(=O)c3n3ccc4cc(O[C@@H]5O[C@H](CO)[C@@H](O)[C@H](O)[C@H]5O)c(OC)cc4c23)ccc1O. The molecule has 14 nitrogen and oxygen atoms in total. The summed E-state index contributed by atoms with van der Waals surface area (Å²) in [4.78, 5) is 13.7. The number of aromatic hydroxyl groups is 2. The standard InChI is InChI=1S/C34H31NO13/c1-43-21-9-15(4-5-18(21)37)26-27-17-11-22(44-2)19(38)12-20(17)46-33(42)29(27)35-7-6-14-8-24(23(45-3)10-16(14)28(26)35)47-34-32(41)31(40)30(39)25(13-36)48-34/h4-12,25,30-32,34,36-41H,13H2,1-3H3/t25-,30-,31+,32-,34-/m1/s1. The molecule has 6 aromatic rings. The van der Waals surface area contributed by atoms with E-state index in [0.717, 1.165) is 0 Å². The number of aromatic nitrogens is 1. The van der Waals surface area contributed by atoms with Crippen LogP contribution in [0, 0.1) is 0 Å². The molecule has 0 unspecified atom stereocenters. The summed E-state index contributed by atoms with van der Waals surface area (Å²) in [6.07, 6.45) is -5.83. The maximum absolute atomic E-state index is 13.7. The van der Waals surface area contributed by atoms with Crippen molar-refractivity contribution in [3.05, 3.63) is 65.1 Å². The highest BCUT2D eigenvalue weighted by atomic mass is 16.7. The van der Waals surface area contributed by atoms with Crippen molar-refractivity contribution in [3.8, 4) is 45.6 Å².